The van der Waals surface area contributed by atoms with Crippen LogP contribution in [0.2, 0.25) is 0 Å². The minimum Gasteiger partial charge on any atom is -0.274 e. The van der Waals surface area contributed by atoms with E-state index in [4.69, 9.17) is 0 Å². The maximum absolute atomic E-state index is 4.56. The van der Waals surface area contributed by atoms with Crippen LogP contribution in [-0.4, -0.2) is 14.8 Å². The lowest BCUT2D eigenvalue weighted by Gasteiger charge is -2.15. The SMILES string of the molecule is C=C/C=C\c1c(C)cccc1-n1c(-c2ccccc2)nnc1-c1ccccc1. The molecule has 0 saturated carbocycles. The molecule has 28 heavy (non-hydrogen) atoms. The lowest BCUT2D eigenvalue weighted by molar-refractivity contribution is 1.06. The van der Waals surface area contributed by atoms with Gasteiger partial charge in [0.05, 0.1) is 5.69 Å². The summed E-state index contributed by atoms with van der Waals surface area (Å²) in [6.45, 7) is 5.92. The van der Waals surface area contributed by atoms with E-state index in [1.165, 1.54) is 5.56 Å². The number of aromatic nitrogens is 3. The van der Waals surface area contributed by atoms with E-state index in [0.29, 0.717) is 0 Å². The molecule has 4 aromatic rings. The average Bonchev–Trinajstić information content (AvgIpc) is 3.19. The van der Waals surface area contributed by atoms with Gasteiger partial charge in [0.1, 0.15) is 0 Å². The van der Waals surface area contributed by atoms with Crippen molar-refractivity contribution < 1.29 is 0 Å². The van der Waals surface area contributed by atoms with Crippen LogP contribution in [0.4, 0.5) is 0 Å². The van der Waals surface area contributed by atoms with Crippen molar-refractivity contribution in [2.24, 2.45) is 0 Å². The molecule has 3 aromatic carbocycles. The van der Waals surface area contributed by atoms with Crippen molar-refractivity contribution in [3.05, 3.63) is 109 Å². The molecule has 0 bridgehead atoms. The Morgan fingerprint density at radius 1 is 0.750 bits per heavy atom. The van der Waals surface area contributed by atoms with Gasteiger partial charge in [-0.3, -0.25) is 4.57 Å². The summed E-state index contributed by atoms with van der Waals surface area (Å²) in [6.07, 6.45) is 5.83. The van der Waals surface area contributed by atoms with Crippen molar-refractivity contribution in [2.45, 2.75) is 6.92 Å². The summed E-state index contributed by atoms with van der Waals surface area (Å²) in [6, 6.07) is 26.6. The molecule has 3 heteroatoms. The second kappa shape index (κ2) is 7.89. The first-order chi connectivity index (χ1) is 13.8. The summed E-state index contributed by atoms with van der Waals surface area (Å²) in [5.74, 6) is 1.64. The molecule has 0 atom stereocenters. The van der Waals surface area contributed by atoms with E-state index in [-0.39, 0.29) is 0 Å². The monoisotopic (exact) mass is 363 g/mol. The van der Waals surface area contributed by atoms with Crippen molar-refractivity contribution in [1.29, 1.82) is 0 Å². The Morgan fingerprint density at radius 3 is 1.86 bits per heavy atom. The minimum absolute atomic E-state index is 0.818. The van der Waals surface area contributed by atoms with E-state index < -0.39 is 0 Å². The fourth-order valence-electron chi connectivity index (χ4n) is 3.30. The topological polar surface area (TPSA) is 30.7 Å². The molecule has 0 amide bonds. The second-order valence-electron chi connectivity index (χ2n) is 6.52. The number of benzene rings is 3. The zero-order valence-electron chi connectivity index (χ0n) is 15.8. The molecule has 0 N–H and O–H groups in total. The standard InChI is InChI=1S/C25H21N3/c1-3-4-17-22-19(2)12-11-18-23(22)28-24(20-13-7-5-8-14-20)26-27-25(28)21-15-9-6-10-16-21/h3-18H,1H2,2H3/b17-4-. The molecule has 0 aliphatic heterocycles. The molecule has 0 aliphatic carbocycles. The third kappa shape index (κ3) is 3.30. The van der Waals surface area contributed by atoms with Crippen LogP contribution in [-0.2, 0) is 0 Å². The lowest BCUT2D eigenvalue weighted by Crippen LogP contribution is -2.03. The predicted octanol–water partition coefficient (Wildman–Crippen LogP) is 6.11. The zero-order valence-corrected chi connectivity index (χ0v) is 15.8. The fourth-order valence-corrected chi connectivity index (χ4v) is 3.30. The molecule has 0 unspecified atom stereocenters. The van der Waals surface area contributed by atoms with E-state index in [9.17, 15) is 0 Å². The van der Waals surface area contributed by atoms with Crippen LogP contribution in [0, 0.1) is 6.92 Å². The van der Waals surface area contributed by atoms with Crippen LogP contribution < -0.4 is 0 Å². The summed E-state index contributed by atoms with van der Waals surface area (Å²) >= 11 is 0. The number of aryl methyl sites for hydroxylation is 1. The van der Waals surface area contributed by atoms with E-state index in [1.54, 1.807) is 6.08 Å². The Labute approximate surface area is 165 Å². The molecule has 1 aromatic heterocycles. The second-order valence-corrected chi connectivity index (χ2v) is 6.52. The number of nitrogens with zero attached hydrogens (tertiary/aromatic N) is 3. The number of allylic oxidation sites excluding steroid dienone is 2. The van der Waals surface area contributed by atoms with Crippen molar-refractivity contribution in [3.8, 4) is 28.5 Å². The van der Waals surface area contributed by atoms with E-state index in [0.717, 1.165) is 34.0 Å². The van der Waals surface area contributed by atoms with Crippen molar-refractivity contribution >= 4 is 6.08 Å². The first kappa shape index (κ1) is 17.7. The molecule has 1 heterocycles. The van der Waals surface area contributed by atoms with Crippen LogP contribution >= 0.6 is 0 Å². The van der Waals surface area contributed by atoms with Crippen LogP contribution in [0.1, 0.15) is 11.1 Å². The van der Waals surface area contributed by atoms with Crippen LogP contribution in [0.15, 0.2) is 97.6 Å². The minimum atomic E-state index is 0.818. The molecular formula is C25H21N3. The fraction of sp³-hybridized carbons (Fsp3) is 0.0400. The van der Waals surface area contributed by atoms with Gasteiger partial charge in [0, 0.05) is 16.7 Å². The van der Waals surface area contributed by atoms with Gasteiger partial charge in [-0.1, -0.05) is 97.6 Å². The maximum Gasteiger partial charge on any atom is 0.168 e. The lowest BCUT2D eigenvalue weighted by atomic mass is 10.0. The summed E-state index contributed by atoms with van der Waals surface area (Å²) < 4.78 is 2.14. The van der Waals surface area contributed by atoms with E-state index >= 15 is 0 Å². The Bertz CT molecular complexity index is 1070. The van der Waals surface area contributed by atoms with Gasteiger partial charge in [0.15, 0.2) is 11.6 Å². The summed E-state index contributed by atoms with van der Waals surface area (Å²) in [7, 11) is 0. The van der Waals surface area contributed by atoms with Gasteiger partial charge in [0.25, 0.3) is 0 Å². The van der Waals surface area contributed by atoms with Crippen LogP contribution in [0.5, 0.6) is 0 Å². The summed E-state index contributed by atoms with van der Waals surface area (Å²) in [5, 5.41) is 9.12. The Hall–Kier alpha value is -3.72. The number of hydrogen-bond acceptors (Lipinski definition) is 2. The Morgan fingerprint density at radius 2 is 1.32 bits per heavy atom. The Kier molecular flexibility index (Phi) is 4.98. The van der Waals surface area contributed by atoms with Gasteiger partial charge in [-0.15, -0.1) is 10.2 Å². The highest BCUT2D eigenvalue weighted by molar-refractivity contribution is 5.72. The molecule has 0 aliphatic rings. The van der Waals surface area contributed by atoms with Gasteiger partial charge in [-0.25, -0.2) is 0 Å². The van der Waals surface area contributed by atoms with E-state index in [1.807, 2.05) is 42.5 Å². The predicted molar refractivity (Wildman–Crippen MR) is 116 cm³/mol. The highest BCUT2D eigenvalue weighted by atomic mass is 15.3. The van der Waals surface area contributed by atoms with Crippen molar-refractivity contribution in [3.63, 3.8) is 0 Å². The molecular weight excluding hydrogens is 342 g/mol. The van der Waals surface area contributed by atoms with Crippen LogP contribution in [0.3, 0.4) is 0 Å². The normalized spacial score (nSPS) is 11.0. The quantitative estimate of drug-likeness (QED) is 0.401. The first-order valence-electron chi connectivity index (χ1n) is 9.25. The van der Waals surface area contributed by atoms with Gasteiger partial charge in [-0.05, 0) is 18.6 Å². The van der Waals surface area contributed by atoms with Crippen LogP contribution in [0.25, 0.3) is 34.5 Å². The van der Waals surface area contributed by atoms with Gasteiger partial charge in [-0.2, -0.15) is 0 Å². The number of rotatable bonds is 5. The molecule has 0 fully saturated rings. The largest absolute Gasteiger partial charge is 0.274 e. The molecule has 136 valence electrons. The molecule has 3 nitrogen and oxygen atoms in total. The smallest absolute Gasteiger partial charge is 0.168 e. The highest BCUT2D eigenvalue weighted by Crippen LogP contribution is 2.31. The zero-order chi connectivity index (χ0) is 19.3. The average molecular weight is 363 g/mol. The van der Waals surface area contributed by atoms with Gasteiger partial charge >= 0.3 is 0 Å². The molecule has 0 spiro atoms. The third-order valence-electron chi connectivity index (χ3n) is 4.67. The number of hydrogen-bond donors (Lipinski definition) is 0. The van der Waals surface area contributed by atoms with Crippen molar-refractivity contribution in [1.82, 2.24) is 14.8 Å². The van der Waals surface area contributed by atoms with Crippen molar-refractivity contribution in [2.75, 3.05) is 0 Å². The molecule has 0 radical (unpaired) electrons. The first-order valence-corrected chi connectivity index (χ1v) is 9.25. The Balaban J connectivity index is 2.03. The molecule has 0 saturated heterocycles. The van der Waals surface area contributed by atoms with Gasteiger partial charge in [0.2, 0.25) is 0 Å². The molecule has 4 rings (SSSR count). The maximum atomic E-state index is 4.56. The third-order valence-corrected chi connectivity index (χ3v) is 4.67. The highest BCUT2D eigenvalue weighted by Gasteiger charge is 2.19. The summed E-state index contributed by atoms with van der Waals surface area (Å²) in [4.78, 5) is 0. The van der Waals surface area contributed by atoms with Gasteiger partial charge < -0.3 is 0 Å². The summed E-state index contributed by atoms with van der Waals surface area (Å²) in [5.41, 5.74) is 5.40. The van der Waals surface area contributed by atoms with E-state index in [2.05, 4.69) is 76.8 Å².